The van der Waals surface area contributed by atoms with E-state index in [1.54, 1.807) is 24.4 Å². The number of hydrogen-bond donors (Lipinski definition) is 1. The molecule has 1 aromatic carbocycles. The minimum atomic E-state index is -0.364. The van der Waals surface area contributed by atoms with Gasteiger partial charge in [-0.05, 0) is 36.2 Å². The van der Waals surface area contributed by atoms with Gasteiger partial charge in [-0.25, -0.2) is 9.78 Å². The largest absolute Gasteiger partial charge is 0.459 e. The number of benzene rings is 1. The molecule has 136 valence electrons. The van der Waals surface area contributed by atoms with Crippen LogP contribution in [0.5, 0.6) is 0 Å². The number of nitrogens with zero attached hydrogens (tertiary/aromatic N) is 3. The zero-order valence-corrected chi connectivity index (χ0v) is 14.8. The third-order valence-corrected chi connectivity index (χ3v) is 4.08. The van der Waals surface area contributed by atoms with Crippen molar-refractivity contribution in [2.24, 2.45) is 0 Å². The molecule has 0 saturated heterocycles. The maximum absolute atomic E-state index is 12.3. The highest BCUT2D eigenvalue weighted by atomic mass is 16.5. The number of ether oxygens (including phenoxy) is 1. The van der Waals surface area contributed by atoms with Gasteiger partial charge in [0.2, 0.25) is 0 Å². The second-order valence-corrected chi connectivity index (χ2v) is 5.90. The van der Waals surface area contributed by atoms with E-state index in [0.29, 0.717) is 30.2 Å². The first kappa shape index (κ1) is 18.2. The van der Waals surface area contributed by atoms with Crippen LogP contribution in [0.1, 0.15) is 21.6 Å². The minimum Gasteiger partial charge on any atom is -0.459 e. The van der Waals surface area contributed by atoms with Gasteiger partial charge in [-0.15, -0.1) is 0 Å². The number of aryl methyl sites for hydroxylation is 2. The summed E-state index contributed by atoms with van der Waals surface area (Å²) >= 11 is 0. The Morgan fingerprint density at radius 1 is 1.15 bits per heavy atom. The SMILES string of the molecule is N#Cc1cccnc1NCCOC(=O)c1cccn1CCc1ccccc1. The van der Waals surface area contributed by atoms with E-state index in [2.05, 4.69) is 28.5 Å². The summed E-state index contributed by atoms with van der Waals surface area (Å²) in [4.78, 5) is 16.4. The Labute approximate surface area is 158 Å². The molecule has 0 aliphatic heterocycles. The molecule has 0 saturated carbocycles. The maximum Gasteiger partial charge on any atom is 0.355 e. The lowest BCUT2D eigenvalue weighted by molar-refractivity contribution is 0.0508. The number of rotatable bonds is 8. The third kappa shape index (κ3) is 4.95. The van der Waals surface area contributed by atoms with Gasteiger partial charge in [-0.3, -0.25) is 0 Å². The zero-order valence-electron chi connectivity index (χ0n) is 14.8. The fourth-order valence-electron chi connectivity index (χ4n) is 2.71. The number of carbonyl (C=O) groups excluding carboxylic acids is 1. The number of pyridine rings is 1. The van der Waals surface area contributed by atoms with Crippen molar-refractivity contribution in [2.45, 2.75) is 13.0 Å². The fourth-order valence-corrected chi connectivity index (χ4v) is 2.71. The Balaban J connectivity index is 1.49. The molecule has 0 amide bonds. The standard InChI is InChI=1S/C21H20N4O2/c22-16-18-8-4-11-23-20(18)24-12-15-27-21(26)19-9-5-13-25(19)14-10-17-6-2-1-3-7-17/h1-9,11,13H,10,12,14-15H2,(H,23,24). The molecular formula is C21H20N4O2. The van der Waals surface area contributed by atoms with E-state index in [4.69, 9.17) is 10.00 Å². The first-order valence-electron chi connectivity index (χ1n) is 8.73. The van der Waals surface area contributed by atoms with Gasteiger partial charge in [-0.1, -0.05) is 30.3 Å². The summed E-state index contributed by atoms with van der Waals surface area (Å²) in [6, 6.07) is 19.2. The van der Waals surface area contributed by atoms with Crippen molar-refractivity contribution in [1.82, 2.24) is 9.55 Å². The molecule has 0 fully saturated rings. The molecule has 0 radical (unpaired) electrons. The van der Waals surface area contributed by atoms with Crippen LogP contribution in [-0.2, 0) is 17.7 Å². The second kappa shape index (κ2) is 9.20. The molecule has 2 aromatic heterocycles. The molecule has 0 unspecified atom stereocenters. The highest BCUT2D eigenvalue weighted by Crippen LogP contribution is 2.10. The van der Waals surface area contributed by atoms with Gasteiger partial charge in [0.05, 0.1) is 12.1 Å². The van der Waals surface area contributed by atoms with Crippen LogP contribution in [0.3, 0.4) is 0 Å². The predicted octanol–water partition coefficient (Wildman–Crippen LogP) is 3.27. The Morgan fingerprint density at radius 3 is 2.81 bits per heavy atom. The number of nitriles is 1. The maximum atomic E-state index is 12.3. The van der Waals surface area contributed by atoms with Crippen LogP contribution in [0.4, 0.5) is 5.82 Å². The van der Waals surface area contributed by atoms with E-state index < -0.39 is 0 Å². The molecule has 27 heavy (non-hydrogen) atoms. The number of carbonyl (C=O) groups is 1. The topological polar surface area (TPSA) is 79.9 Å². The van der Waals surface area contributed by atoms with Gasteiger partial charge in [0, 0.05) is 18.9 Å². The molecular weight excluding hydrogens is 340 g/mol. The van der Waals surface area contributed by atoms with E-state index in [1.165, 1.54) is 5.56 Å². The Hall–Kier alpha value is -3.59. The number of hydrogen-bond acceptors (Lipinski definition) is 5. The van der Waals surface area contributed by atoms with Crippen LogP contribution in [0.2, 0.25) is 0 Å². The lowest BCUT2D eigenvalue weighted by Crippen LogP contribution is -2.17. The van der Waals surface area contributed by atoms with Crippen LogP contribution in [-0.4, -0.2) is 28.7 Å². The van der Waals surface area contributed by atoms with Crippen LogP contribution in [0.15, 0.2) is 67.0 Å². The Morgan fingerprint density at radius 2 is 2.00 bits per heavy atom. The normalized spacial score (nSPS) is 10.2. The summed E-state index contributed by atoms with van der Waals surface area (Å²) in [5, 5.41) is 12.0. The van der Waals surface area contributed by atoms with Crippen molar-refractivity contribution >= 4 is 11.8 Å². The van der Waals surface area contributed by atoms with Crippen molar-refractivity contribution in [3.8, 4) is 6.07 Å². The van der Waals surface area contributed by atoms with Crippen LogP contribution in [0.25, 0.3) is 0 Å². The molecule has 6 nitrogen and oxygen atoms in total. The summed E-state index contributed by atoms with van der Waals surface area (Å²) in [6.45, 7) is 1.27. The van der Waals surface area contributed by atoms with Gasteiger partial charge in [0.15, 0.2) is 0 Å². The van der Waals surface area contributed by atoms with Crippen LogP contribution < -0.4 is 5.32 Å². The minimum absolute atomic E-state index is 0.185. The summed E-state index contributed by atoms with van der Waals surface area (Å²) in [5.74, 6) is 0.124. The van der Waals surface area contributed by atoms with Crippen molar-refractivity contribution in [1.29, 1.82) is 5.26 Å². The van der Waals surface area contributed by atoms with Gasteiger partial charge in [-0.2, -0.15) is 5.26 Å². The monoisotopic (exact) mass is 360 g/mol. The molecule has 0 aliphatic rings. The highest BCUT2D eigenvalue weighted by Gasteiger charge is 2.12. The predicted molar refractivity (Wildman–Crippen MR) is 102 cm³/mol. The molecule has 3 rings (SSSR count). The van der Waals surface area contributed by atoms with E-state index in [1.807, 2.05) is 35.0 Å². The fraction of sp³-hybridized carbons (Fsp3) is 0.190. The molecule has 6 heteroatoms. The van der Waals surface area contributed by atoms with Gasteiger partial charge in [0.25, 0.3) is 0 Å². The molecule has 3 aromatic rings. The van der Waals surface area contributed by atoms with Gasteiger partial charge < -0.3 is 14.6 Å². The van der Waals surface area contributed by atoms with Crippen LogP contribution >= 0.6 is 0 Å². The molecule has 0 spiro atoms. The lowest BCUT2D eigenvalue weighted by atomic mass is 10.1. The number of aromatic nitrogens is 2. The smallest absolute Gasteiger partial charge is 0.355 e. The number of esters is 1. The van der Waals surface area contributed by atoms with E-state index in [0.717, 1.165) is 6.42 Å². The second-order valence-electron chi connectivity index (χ2n) is 5.90. The summed E-state index contributed by atoms with van der Waals surface area (Å²) in [5.41, 5.74) is 2.21. The first-order chi connectivity index (χ1) is 13.3. The Bertz CT molecular complexity index is 929. The number of anilines is 1. The average Bonchev–Trinajstić information content (AvgIpc) is 3.19. The van der Waals surface area contributed by atoms with Gasteiger partial charge in [0.1, 0.15) is 24.2 Å². The zero-order chi connectivity index (χ0) is 18.9. The average molecular weight is 360 g/mol. The summed E-state index contributed by atoms with van der Waals surface area (Å²) in [6.07, 6.45) is 4.33. The van der Waals surface area contributed by atoms with Crippen molar-refractivity contribution in [2.75, 3.05) is 18.5 Å². The lowest BCUT2D eigenvalue weighted by Gasteiger charge is -2.10. The summed E-state index contributed by atoms with van der Waals surface area (Å²) < 4.78 is 7.24. The molecule has 0 aliphatic carbocycles. The van der Waals surface area contributed by atoms with Crippen LogP contribution in [0, 0.1) is 11.3 Å². The first-order valence-corrected chi connectivity index (χ1v) is 8.73. The molecule has 0 atom stereocenters. The molecule has 1 N–H and O–H groups in total. The number of nitrogens with one attached hydrogen (secondary N) is 1. The van der Waals surface area contributed by atoms with Crippen molar-refractivity contribution in [3.05, 3.63) is 83.8 Å². The molecule has 0 bridgehead atoms. The quantitative estimate of drug-likeness (QED) is 0.493. The summed E-state index contributed by atoms with van der Waals surface area (Å²) in [7, 11) is 0. The van der Waals surface area contributed by atoms with Gasteiger partial charge >= 0.3 is 5.97 Å². The Kier molecular flexibility index (Phi) is 6.21. The third-order valence-electron chi connectivity index (χ3n) is 4.08. The van der Waals surface area contributed by atoms with Crippen molar-refractivity contribution < 1.29 is 9.53 Å². The van der Waals surface area contributed by atoms with E-state index in [-0.39, 0.29) is 12.6 Å². The van der Waals surface area contributed by atoms with E-state index >= 15 is 0 Å². The van der Waals surface area contributed by atoms with E-state index in [9.17, 15) is 4.79 Å². The highest BCUT2D eigenvalue weighted by molar-refractivity contribution is 5.87. The van der Waals surface area contributed by atoms with Crippen molar-refractivity contribution in [3.63, 3.8) is 0 Å². The molecule has 2 heterocycles.